The molecule has 0 aliphatic heterocycles. The highest BCUT2D eigenvalue weighted by molar-refractivity contribution is 5.62. The van der Waals surface area contributed by atoms with Crippen LogP contribution in [0.25, 0.3) is 16.9 Å². The molecule has 2 heterocycles. The van der Waals surface area contributed by atoms with Gasteiger partial charge in [-0.2, -0.15) is 0 Å². The van der Waals surface area contributed by atoms with Gasteiger partial charge in [0, 0.05) is 11.6 Å². The van der Waals surface area contributed by atoms with Gasteiger partial charge in [0.15, 0.2) is 17.1 Å². The Kier molecular flexibility index (Phi) is 3.59. The third-order valence-corrected chi connectivity index (χ3v) is 3.65. The second kappa shape index (κ2) is 6.04. The number of ether oxygens (including phenoxy) is 2. The molecule has 4 aromatic rings. The van der Waals surface area contributed by atoms with Crippen LogP contribution in [0.15, 0.2) is 72.9 Å². The van der Waals surface area contributed by atoms with E-state index in [1.807, 2.05) is 66.9 Å². The molecule has 0 fully saturated rings. The van der Waals surface area contributed by atoms with Crippen LogP contribution in [-0.2, 0) is 0 Å². The van der Waals surface area contributed by atoms with Gasteiger partial charge in [0.1, 0.15) is 0 Å². The molecule has 0 amide bonds. The predicted molar refractivity (Wildman–Crippen MR) is 91.5 cm³/mol. The van der Waals surface area contributed by atoms with E-state index in [0.717, 1.165) is 16.9 Å². The minimum Gasteiger partial charge on any atom is -0.493 e. The first-order chi connectivity index (χ1) is 11.8. The number of para-hydroxylation sites is 2. The van der Waals surface area contributed by atoms with Gasteiger partial charge in [0.2, 0.25) is 5.88 Å². The average molecular weight is 317 g/mol. The minimum atomic E-state index is 0.476. The normalized spacial score (nSPS) is 10.7. The Hall–Kier alpha value is -3.34. The zero-order valence-electron chi connectivity index (χ0n) is 13.1. The van der Waals surface area contributed by atoms with Gasteiger partial charge in [-0.05, 0) is 18.2 Å². The summed E-state index contributed by atoms with van der Waals surface area (Å²) < 4.78 is 12.8. The molecular weight excluding hydrogens is 302 g/mol. The zero-order chi connectivity index (χ0) is 16.4. The summed E-state index contributed by atoms with van der Waals surface area (Å²) in [6.45, 7) is 0. The van der Waals surface area contributed by atoms with Crippen LogP contribution in [0.5, 0.6) is 17.4 Å². The SMILES string of the molecule is COc1ccccc1Oc1ccc2nc(-c3ccccc3)cn2n1. The number of hydrogen-bond acceptors (Lipinski definition) is 4. The van der Waals surface area contributed by atoms with E-state index in [0.29, 0.717) is 17.4 Å². The second-order valence-electron chi connectivity index (χ2n) is 5.22. The second-order valence-corrected chi connectivity index (χ2v) is 5.22. The van der Waals surface area contributed by atoms with Crippen molar-refractivity contribution in [2.75, 3.05) is 7.11 Å². The highest BCUT2D eigenvalue weighted by Gasteiger charge is 2.09. The van der Waals surface area contributed by atoms with Crippen molar-refractivity contribution in [3.05, 3.63) is 72.9 Å². The summed E-state index contributed by atoms with van der Waals surface area (Å²) in [7, 11) is 1.61. The van der Waals surface area contributed by atoms with Gasteiger partial charge in [0.05, 0.1) is 19.0 Å². The molecule has 2 aromatic heterocycles. The van der Waals surface area contributed by atoms with E-state index >= 15 is 0 Å². The highest BCUT2D eigenvalue weighted by Crippen LogP contribution is 2.30. The van der Waals surface area contributed by atoms with Gasteiger partial charge >= 0.3 is 0 Å². The Morgan fingerprint density at radius 2 is 1.58 bits per heavy atom. The number of rotatable bonds is 4. The number of fused-ring (bicyclic) bond motifs is 1. The van der Waals surface area contributed by atoms with Crippen LogP contribution in [0.2, 0.25) is 0 Å². The van der Waals surface area contributed by atoms with Crippen LogP contribution in [0.3, 0.4) is 0 Å². The third-order valence-electron chi connectivity index (χ3n) is 3.65. The summed E-state index contributed by atoms with van der Waals surface area (Å²) in [5, 5.41) is 4.47. The van der Waals surface area contributed by atoms with E-state index in [1.165, 1.54) is 0 Å². The highest BCUT2D eigenvalue weighted by atomic mass is 16.5. The molecule has 118 valence electrons. The first-order valence-electron chi connectivity index (χ1n) is 7.56. The van der Waals surface area contributed by atoms with E-state index in [9.17, 15) is 0 Å². The lowest BCUT2D eigenvalue weighted by molar-refractivity contribution is 0.372. The first-order valence-corrected chi connectivity index (χ1v) is 7.56. The van der Waals surface area contributed by atoms with Gasteiger partial charge in [-0.3, -0.25) is 0 Å². The molecule has 0 atom stereocenters. The van der Waals surface area contributed by atoms with Crippen molar-refractivity contribution in [2.24, 2.45) is 0 Å². The summed E-state index contributed by atoms with van der Waals surface area (Å²) in [6, 6.07) is 21.1. The van der Waals surface area contributed by atoms with Crippen LogP contribution < -0.4 is 9.47 Å². The van der Waals surface area contributed by atoms with Gasteiger partial charge in [-0.25, -0.2) is 9.50 Å². The van der Waals surface area contributed by atoms with E-state index in [4.69, 9.17) is 9.47 Å². The number of nitrogens with zero attached hydrogens (tertiary/aromatic N) is 3. The Balaban J connectivity index is 1.68. The van der Waals surface area contributed by atoms with Crippen molar-refractivity contribution in [2.45, 2.75) is 0 Å². The van der Waals surface area contributed by atoms with Crippen molar-refractivity contribution in [1.29, 1.82) is 0 Å². The molecule has 0 aliphatic carbocycles. The van der Waals surface area contributed by atoms with Crippen LogP contribution in [0, 0.1) is 0 Å². The molecule has 0 unspecified atom stereocenters. The zero-order valence-corrected chi connectivity index (χ0v) is 13.1. The smallest absolute Gasteiger partial charge is 0.237 e. The fraction of sp³-hybridized carbons (Fsp3) is 0.0526. The van der Waals surface area contributed by atoms with Crippen LogP contribution in [0.1, 0.15) is 0 Å². The lowest BCUT2D eigenvalue weighted by atomic mass is 10.2. The number of methoxy groups -OCH3 is 1. The van der Waals surface area contributed by atoms with Crippen molar-refractivity contribution < 1.29 is 9.47 Å². The number of aromatic nitrogens is 3. The van der Waals surface area contributed by atoms with Crippen molar-refractivity contribution in [3.8, 4) is 28.6 Å². The third kappa shape index (κ3) is 2.67. The minimum absolute atomic E-state index is 0.476. The van der Waals surface area contributed by atoms with Crippen LogP contribution in [0.4, 0.5) is 0 Å². The molecular formula is C19H15N3O2. The monoisotopic (exact) mass is 317 g/mol. The van der Waals surface area contributed by atoms with Gasteiger partial charge in [-0.1, -0.05) is 42.5 Å². The van der Waals surface area contributed by atoms with Gasteiger partial charge in [0.25, 0.3) is 0 Å². The first kappa shape index (κ1) is 14.3. The maximum atomic E-state index is 5.84. The van der Waals surface area contributed by atoms with Crippen molar-refractivity contribution >= 4 is 5.65 Å². The Bertz CT molecular complexity index is 980. The molecule has 0 N–H and O–H groups in total. The number of hydrogen-bond donors (Lipinski definition) is 0. The number of imidazole rings is 1. The molecule has 0 saturated heterocycles. The molecule has 0 radical (unpaired) electrons. The molecule has 0 aliphatic rings. The molecule has 0 spiro atoms. The molecule has 0 saturated carbocycles. The maximum Gasteiger partial charge on any atom is 0.237 e. The standard InChI is InChI=1S/C19H15N3O2/c1-23-16-9-5-6-10-17(16)24-19-12-11-18-20-15(13-22(18)21-19)14-7-3-2-4-8-14/h2-13H,1H3. The lowest BCUT2D eigenvalue weighted by Crippen LogP contribution is -1.96. The summed E-state index contributed by atoms with van der Waals surface area (Å²) in [6.07, 6.45) is 1.89. The molecule has 2 aromatic carbocycles. The fourth-order valence-electron chi connectivity index (χ4n) is 2.48. The van der Waals surface area contributed by atoms with Gasteiger partial charge in [-0.15, -0.1) is 5.10 Å². The van der Waals surface area contributed by atoms with Crippen LogP contribution >= 0.6 is 0 Å². The van der Waals surface area contributed by atoms with E-state index in [-0.39, 0.29) is 0 Å². The molecule has 0 bridgehead atoms. The van der Waals surface area contributed by atoms with E-state index < -0.39 is 0 Å². The number of benzene rings is 2. The van der Waals surface area contributed by atoms with E-state index in [2.05, 4.69) is 10.1 Å². The Morgan fingerprint density at radius 1 is 0.833 bits per heavy atom. The largest absolute Gasteiger partial charge is 0.493 e. The summed E-state index contributed by atoms with van der Waals surface area (Å²) in [5.41, 5.74) is 2.69. The topological polar surface area (TPSA) is 48.7 Å². The van der Waals surface area contributed by atoms with Gasteiger partial charge < -0.3 is 9.47 Å². The Morgan fingerprint density at radius 3 is 2.38 bits per heavy atom. The molecule has 5 nitrogen and oxygen atoms in total. The lowest BCUT2D eigenvalue weighted by Gasteiger charge is -2.08. The fourth-order valence-corrected chi connectivity index (χ4v) is 2.48. The quantitative estimate of drug-likeness (QED) is 0.566. The van der Waals surface area contributed by atoms with E-state index in [1.54, 1.807) is 17.7 Å². The maximum absolute atomic E-state index is 5.84. The molecule has 5 heteroatoms. The molecule has 24 heavy (non-hydrogen) atoms. The van der Waals surface area contributed by atoms with Crippen molar-refractivity contribution in [3.63, 3.8) is 0 Å². The van der Waals surface area contributed by atoms with Crippen molar-refractivity contribution in [1.82, 2.24) is 14.6 Å². The summed E-state index contributed by atoms with van der Waals surface area (Å²) in [4.78, 5) is 4.59. The summed E-state index contributed by atoms with van der Waals surface area (Å²) in [5.74, 6) is 1.76. The predicted octanol–water partition coefficient (Wildman–Crippen LogP) is 4.20. The Labute approximate surface area is 139 Å². The van der Waals surface area contributed by atoms with Crippen LogP contribution in [-0.4, -0.2) is 21.7 Å². The average Bonchev–Trinajstić information content (AvgIpc) is 3.06. The summed E-state index contributed by atoms with van der Waals surface area (Å²) >= 11 is 0. The molecule has 4 rings (SSSR count).